The van der Waals surface area contributed by atoms with Crippen molar-refractivity contribution in [3.63, 3.8) is 0 Å². The summed E-state index contributed by atoms with van der Waals surface area (Å²) >= 11 is 3.28. The third-order valence-corrected chi connectivity index (χ3v) is 2.69. The molecular weight excluding hydrogens is 232 g/mol. The topological polar surface area (TPSA) is 37.2 Å². The molecule has 1 unspecified atom stereocenters. The van der Waals surface area contributed by atoms with Gasteiger partial charge in [0.2, 0.25) is 0 Å². The van der Waals surface area contributed by atoms with Gasteiger partial charge in [0.05, 0.1) is 6.26 Å². The van der Waals surface area contributed by atoms with Gasteiger partial charge in [0, 0.05) is 24.7 Å². The number of hydrogen-bond donors (Lipinski definition) is 2. The number of furan rings is 1. The maximum Gasteiger partial charge on any atom is 0.169 e. The van der Waals surface area contributed by atoms with Crippen LogP contribution < -0.4 is 10.6 Å². The van der Waals surface area contributed by atoms with Crippen LogP contribution in [0.4, 0.5) is 0 Å². The van der Waals surface area contributed by atoms with Crippen LogP contribution in [-0.4, -0.2) is 19.1 Å². The smallest absolute Gasteiger partial charge is 0.169 e. The molecule has 0 spiro atoms. The average molecular weight is 245 g/mol. The summed E-state index contributed by atoms with van der Waals surface area (Å²) in [5.41, 5.74) is 1.19. The molecule has 1 fully saturated rings. The van der Waals surface area contributed by atoms with Crippen LogP contribution in [0.5, 0.6) is 0 Å². The van der Waals surface area contributed by atoms with E-state index in [1.807, 2.05) is 6.07 Å². The Bertz CT molecular complexity index is 268. The molecule has 1 aliphatic heterocycles. The van der Waals surface area contributed by atoms with Gasteiger partial charge >= 0.3 is 0 Å². The van der Waals surface area contributed by atoms with Crippen LogP contribution in [-0.2, 0) is 6.54 Å². The minimum Gasteiger partial charge on any atom is -0.457 e. The summed E-state index contributed by atoms with van der Waals surface area (Å²) in [6, 6.07) is 2.61. The summed E-state index contributed by atoms with van der Waals surface area (Å²) in [5.74, 6) is 0. The van der Waals surface area contributed by atoms with Crippen LogP contribution >= 0.6 is 15.9 Å². The Kier molecular flexibility index (Phi) is 3.03. The van der Waals surface area contributed by atoms with E-state index in [0.29, 0.717) is 6.04 Å². The lowest BCUT2D eigenvalue weighted by Crippen LogP contribution is -2.30. The molecule has 1 aromatic heterocycles. The SMILES string of the molecule is Brc1cc(CNC2CCNC2)co1. The lowest BCUT2D eigenvalue weighted by molar-refractivity contribution is 0.523. The van der Waals surface area contributed by atoms with E-state index in [2.05, 4.69) is 26.6 Å². The normalized spacial score (nSPS) is 22.4. The van der Waals surface area contributed by atoms with Gasteiger partial charge in [-0.2, -0.15) is 0 Å². The molecule has 0 amide bonds. The zero-order valence-corrected chi connectivity index (χ0v) is 8.93. The zero-order chi connectivity index (χ0) is 9.10. The number of nitrogens with one attached hydrogen (secondary N) is 2. The standard InChI is InChI=1S/C9H13BrN2O/c10-9-3-7(6-13-9)4-12-8-1-2-11-5-8/h3,6,8,11-12H,1-2,4-5H2. The first-order valence-electron chi connectivity index (χ1n) is 4.51. The molecular formula is C9H13BrN2O. The molecule has 2 N–H and O–H groups in total. The van der Waals surface area contributed by atoms with Gasteiger partial charge in [-0.05, 0) is 35.0 Å². The first kappa shape index (κ1) is 9.24. The number of halogens is 1. The van der Waals surface area contributed by atoms with Crippen molar-refractivity contribution >= 4 is 15.9 Å². The summed E-state index contributed by atoms with van der Waals surface area (Å²) in [7, 11) is 0. The Morgan fingerprint density at radius 1 is 1.69 bits per heavy atom. The van der Waals surface area contributed by atoms with Gasteiger partial charge in [-0.3, -0.25) is 0 Å². The monoisotopic (exact) mass is 244 g/mol. The van der Waals surface area contributed by atoms with Crippen molar-refractivity contribution in [2.75, 3.05) is 13.1 Å². The third-order valence-electron chi connectivity index (χ3n) is 2.28. The Morgan fingerprint density at radius 2 is 2.62 bits per heavy atom. The van der Waals surface area contributed by atoms with E-state index in [-0.39, 0.29) is 0 Å². The second-order valence-electron chi connectivity index (χ2n) is 3.33. The van der Waals surface area contributed by atoms with Crippen LogP contribution in [0.3, 0.4) is 0 Å². The molecule has 4 heteroatoms. The average Bonchev–Trinajstić information content (AvgIpc) is 2.71. The highest BCUT2D eigenvalue weighted by Crippen LogP contribution is 2.14. The van der Waals surface area contributed by atoms with Gasteiger partial charge in [-0.25, -0.2) is 0 Å². The molecule has 0 bridgehead atoms. The molecule has 1 saturated heterocycles. The fraction of sp³-hybridized carbons (Fsp3) is 0.556. The van der Waals surface area contributed by atoms with Gasteiger partial charge in [-0.15, -0.1) is 0 Å². The van der Waals surface area contributed by atoms with Gasteiger partial charge in [0.25, 0.3) is 0 Å². The van der Waals surface area contributed by atoms with Crippen LogP contribution in [0.2, 0.25) is 0 Å². The molecule has 2 heterocycles. The van der Waals surface area contributed by atoms with Gasteiger partial charge < -0.3 is 15.1 Å². The van der Waals surface area contributed by atoms with E-state index < -0.39 is 0 Å². The summed E-state index contributed by atoms with van der Waals surface area (Å²) in [5, 5.41) is 6.79. The summed E-state index contributed by atoms with van der Waals surface area (Å²) < 4.78 is 5.94. The van der Waals surface area contributed by atoms with E-state index in [1.54, 1.807) is 6.26 Å². The van der Waals surface area contributed by atoms with E-state index in [0.717, 1.165) is 24.3 Å². The van der Waals surface area contributed by atoms with E-state index in [1.165, 1.54) is 12.0 Å². The molecule has 2 rings (SSSR count). The first-order valence-corrected chi connectivity index (χ1v) is 5.31. The largest absolute Gasteiger partial charge is 0.457 e. The van der Waals surface area contributed by atoms with Gasteiger partial charge in [-0.1, -0.05) is 0 Å². The lowest BCUT2D eigenvalue weighted by atomic mass is 10.2. The van der Waals surface area contributed by atoms with Crippen LogP contribution in [0.15, 0.2) is 21.4 Å². The fourth-order valence-corrected chi connectivity index (χ4v) is 1.92. The van der Waals surface area contributed by atoms with E-state index >= 15 is 0 Å². The lowest BCUT2D eigenvalue weighted by Gasteiger charge is -2.08. The van der Waals surface area contributed by atoms with Crippen LogP contribution in [0, 0.1) is 0 Å². The van der Waals surface area contributed by atoms with Crippen molar-refractivity contribution in [2.24, 2.45) is 0 Å². The third kappa shape index (κ3) is 2.56. The molecule has 1 aromatic rings. The summed E-state index contributed by atoms with van der Waals surface area (Å²) in [4.78, 5) is 0. The molecule has 1 atom stereocenters. The minimum atomic E-state index is 0.619. The second kappa shape index (κ2) is 4.26. The molecule has 0 aliphatic carbocycles. The molecule has 0 aromatic carbocycles. The second-order valence-corrected chi connectivity index (χ2v) is 4.11. The molecule has 3 nitrogen and oxygen atoms in total. The van der Waals surface area contributed by atoms with Gasteiger partial charge in [0.1, 0.15) is 0 Å². The van der Waals surface area contributed by atoms with Crippen LogP contribution in [0.1, 0.15) is 12.0 Å². The summed E-state index contributed by atoms with van der Waals surface area (Å²) in [6.07, 6.45) is 3.00. The predicted octanol–water partition coefficient (Wildman–Crippen LogP) is 1.49. The zero-order valence-electron chi connectivity index (χ0n) is 7.35. The van der Waals surface area contributed by atoms with Crippen molar-refractivity contribution in [3.05, 3.63) is 22.6 Å². The molecule has 0 saturated carbocycles. The van der Waals surface area contributed by atoms with Crippen molar-refractivity contribution < 1.29 is 4.42 Å². The van der Waals surface area contributed by atoms with Crippen molar-refractivity contribution in [2.45, 2.75) is 19.0 Å². The first-order chi connectivity index (χ1) is 6.34. The highest BCUT2D eigenvalue weighted by molar-refractivity contribution is 9.10. The van der Waals surface area contributed by atoms with Crippen molar-refractivity contribution in [3.8, 4) is 0 Å². The van der Waals surface area contributed by atoms with Crippen LogP contribution in [0.25, 0.3) is 0 Å². The molecule has 1 aliphatic rings. The van der Waals surface area contributed by atoms with Gasteiger partial charge in [0.15, 0.2) is 4.67 Å². The van der Waals surface area contributed by atoms with E-state index in [4.69, 9.17) is 4.42 Å². The minimum absolute atomic E-state index is 0.619. The Morgan fingerprint density at radius 3 is 3.23 bits per heavy atom. The van der Waals surface area contributed by atoms with Crippen molar-refractivity contribution in [1.82, 2.24) is 10.6 Å². The number of rotatable bonds is 3. The Balaban J connectivity index is 1.78. The molecule has 0 radical (unpaired) electrons. The Hall–Kier alpha value is -0.320. The molecule has 13 heavy (non-hydrogen) atoms. The maximum atomic E-state index is 5.14. The quantitative estimate of drug-likeness (QED) is 0.847. The number of hydrogen-bond acceptors (Lipinski definition) is 3. The Labute approximate surface area is 86.0 Å². The van der Waals surface area contributed by atoms with E-state index in [9.17, 15) is 0 Å². The highest BCUT2D eigenvalue weighted by Gasteiger charge is 2.13. The maximum absolute atomic E-state index is 5.14. The predicted molar refractivity (Wildman–Crippen MR) is 54.5 cm³/mol. The highest BCUT2D eigenvalue weighted by atomic mass is 79.9. The summed E-state index contributed by atoms with van der Waals surface area (Å²) in [6.45, 7) is 3.10. The fourth-order valence-electron chi connectivity index (χ4n) is 1.53. The molecule has 72 valence electrons. The van der Waals surface area contributed by atoms with Crippen molar-refractivity contribution in [1.29, 1.82) is 0 Å².